The zero-order chi connectivity index (χ0) is 20.3. The van der Waals surface area contributed by atoms with Gasteiger partial charge in [0.2, 0.25) is 11.8 Å². The first-order chi connectivity index (χ1) is 13.3. The van der Waals surface area contributed by atoms with Crippen LogP contribution in [-0.4, -0.2) is 32.5 Å². The molecule has 1 N–H and O–H groups in total. The summed E-state index contributed by atoms with van der Waals surface area (Å²) in [6, 6.07) is 12.3. The van der Waals surface area contributed by atoms with Crippen LogP contribution in [0.15, 0.2) is 47.4 Å². The highest BCUT2D eigenvalue weighted by Crippen LogP contribution is 2.30. The van der Waals surface area contributed by atoms with Gasteiger partial charge in [-0.3, -0.25) is 9.59 Å². The van der Waals surface area contributed by atoms with E-state index in [1.54, 1.807) is 17.0 Å². The van der Waals surface area contributed by atoms with Crippen molar-refractivity contribution in [1.82, 2.24) is 0 Å². The Bertz CT molecular complexity index is 1010. The van der Waals surface area contributed by atoms with Gasteiger partial charge in [-0.15, -0.1) is 0 Å². The van der Waals surface area contributed by atoms with Crippen LogP contribution in [0.5, 0.6) is 0 Å². The molecule has 3 rings (SSSR count). The van der Waals surface area contributed by atoms with E-state index < -0.39 is 9.84 Å². The Kier molecular flexibility index (Phi) is 5.84. The molecule has 0 saturated heterocycles. The van der Waals surface area contributed by atoms with Crippen LogP contribution < -0.4 is 10.2 Å². The van der Waals surface area contributed by atoms with Crippen LogP contribution in [0.1, 0.15) is 31.4 Å². The number of carbonyl (C=O) groups is 2. The van der Waals surface area contributed by atoms with Gasteiger partial charge in [0.15, 0.2) is 9.84 Å². The highest BCUT2D eigenvalue weighted by molar-refractivity contribution is 7.91. The minimum absolute atomic E-state index is 0.0570. The Hall–Kier alpha value is -2.67. The van der Waals surface area contributed by atoms with Crippen LogP contribution in [0, 0.1) is 0 Å². The number of anilines is 2. The number of aryl methyl sites for hydroxylation is 1. The third-order valence-corrected chi connectivity index (χ3v) is 6.67. The van der Waals surface area contributed by atoms with Crippen molar-refractivity contribution < 1.29 is 18.0 Å². The molecule has 0 saturated carbocycles. The lowest BCUT2D eigenvalue weighted by Gasteiger charge is -2.15. The summed E-state index contributed by atoms with van der Waals surface area (Å²) in [5.74, 6) is -0.644. The second-order valence-electron chi connectivity index (χ2n) is 6.84. The smallest absolute Gasteiger partial charge is 0.225 e. The van der Waals surface area contributed by atoms with Gasteiger partial charge in [0, 0.05) is 31.3 Å². The molecule has 0 aromatic heterocycles. The highest BCUT2D eigenvalue weighted by atomic mass is 32.2. The number of nitrogens with one attached hydrogen (secondary N) is 1. The number of carbonyl (C=O) groups excluding carboxylic acids is 2. The lowest BCUT2D eigenvalue weighted by molar-refractivity contribution is -0.117. The Balaban J connectivity index is 1.67. The molecule has 0 unspecified atom stereocenters. The topological polar surface area (TPSA) is 83.6 Å². The fourth-order valence-electron chi connectivity index (χ4n) is 3.41. The van der Waals surface area contributed by atoms with Crippen molar-refractivity contribution in [3.05, 3.63) is 53.6 Å². The molecule has 148 valence electrons. The van der Waals surface area contributed by atoms with Crippen molar-refractivity contribution in [2.75, 3.05) is 22.5 Å². The summed E-state index contributed by atoms with van der Waals surface area (Å²) in [4.78, 5) is 25.7. The summed E-state index contributed by atoms with van der Waals surface area (Å²) in [7, 11) is -3.59. The van der Waals surface area contributed by atoms with Crippen LogP contribution in [0.4, 0.5) is 11.4 Å². The molecule has 0 spiro atoms. The van der Waals surface area contributed by atoms with Crippen LogP contribution in [-0.2, 0) is 32.3 Å². The van der Waals surface area contributed by atoms with Crippen molar-refractivity contribution in [1.29, 1.82) is 0 Å². The summed E-state index contributed by atoms with van der Waals surface area (Å²) in [6.07, 6.45) is 1.30. The summed E-state index contributed by atoms with van der Waals surface area (Å²) in [5.41, 5.74) is 3.33. The predicted octanol–water partition coefficient (Wildman–Crippen LogP) is 2.96. The SMILES string of the molecule is CCc1ccccc1NC(=O)CCS(=O)(=O)c1ccc2c(c1)CCN2C(C)=O. The van der Waals surface area contributed by atoms with Gasteiger partial charge in [-0.05, 0) is 48.2 Å². The normalized spacial score (nSPS) is 13.3. The lowest BCUT2D eigenvalue weighted by Crippen LogP contribution is -2.25. The maximum Gasteiger partial charge on any atom is 0.225 e. The first-order valence-corrected chi connectivity index (χ1v) is 11.0. The van der Waals surface area contributed by atoms with Crippen LogP contribution in [0.2, 0.25) is 0 Å². The number of amides is 2. The second-order valence-corrected chi connectivity index (χ2v) is 8.95. The Morgan fingerprint density at radius 1 is 1.14 bits per heavy atom. The van der Waals surface area contributed by atoms with Gasteiger partial charge < -0.3 is 10.2 Å². The molecule has 2 aromatic carbocycles. The summed E-state index contributed by atoms with van der Waals surface area (Å²) in [6.45, 7) is 4.05. The monoisotopic (exact) mass is 400 g/mol. The molecule has 2 aromatic rings. The average molecular weight is 401 g/mol. The zero-order valence-corrected chi connectivity index (χ0v) is 16.9. The van der Waals surface area contributed by atoms with Crippen molar-refractivity contribution in [2.24, 2.45) is 0 Å². The number of rotatable bonds is 6. The molecular formula is C21H24N2O4S. The molecule has 0 fully saturated rings. The predicted molar refractivity (Wildman–Crippen MR) is 109 cm³/mol. The van der Waals surface area contributed by atoms with Crippen molar-refractivity contribution in [3.8, 4) is 0 Å². The number of benzene rings is 2. The molecule has 7 heteroatoms. The van der Waals surface area contributed by atoms with E-state index in [-0.39, 0.29) is 28.9 Å². The number of nitrogens with zero attached hydrogens (tertiary/aromatic N) is 1. The van der Waals surface area contributed by atoms with Crippen molar-refractivity contribution in [3.63, 3.8) is 0 Å². The molecule has 0 radical (unpaired) electrons. The van der Waals surface area contributed by atoms with Crippen molar-refractivity contribution >= 4 is 33.0 Å². The largest absolute Gasteiger partial charge is 0.326 e. The Labute approximate surface area is 165 Å². The molecule has 1 aliphatic rings. The van der Waals surface area contributed by atoms with E-state index in [4.69, 9.17) is 0 Å². The quantitative estimate of drug-likeness (QED) is 0.808. The van der Waals surface area contributed by atoms with E-state index in [0.717, 1.165) is 23.2 Å². The molecule has 1 aliphatic heterocycles. The molecule has 6 nitrogen and oxygen atoms in total. The van der Waals surface area contributed by atoms with E-state index in [1.807, 2.05) is 31.2 Å². The van der Waals surface area contributed by atoms with Crippen molar-refractivity contribution in [2.45, 2.75) is 38.0 Å². The number of hydrogen-bond acceptors (Lipinski definition) is 4. The van der Waals surface area contributed by atoms with Gasteiger partial charge in [-0.25, -0.2) is 8.42 Å². The first-order valence-electron chi connectivity index (χ1n) is 9.33. The number of hydrogen-bond donors (Lipinski definition) is 1. The second kappa shape index (κ2) is 8.14. The first kappa shape index (κ1) is 20.1. The van der Waals surface area contributed by atoms with E-state index in [1.165, 1.54) is 13.0 Å². The molecule has 0 aliphatic carbocycles. The van der Waals surface area contributed by atoms with Gasteiger partial charge in [0.1, 0.15) is 0 Å². The van der Waals surface area contributed by atoms with E-state index >= 15 is 0 Å². The average Bonchev–Trinajstić information content (AvgIpc) is 3.10. The molecule has 1 heterocycles. The van der Waals surface area contributed by atoms with Gasteiger partial charge in [-0.1, -0.05) is 25.1 Å². The summed E-state index contributed by atoms with van der Waals surface area (Å²) in [5, 5.41) is 2.80. The lowest BCUT2D eigenvalue weighted by atomic mass is 10.1. The summed E-state index contributed by atoms with van der Waals surface area (Å²) < 4.78 is 25.3. The van der Waals surface area contributed by atoms with E-state index in [9.17, 15) is 18.0 Å². The number of para-hydroxylation sites is 1. The summed E-state index contributed by atoms with van der Waals surface area (Å²) >= 11 is 0. The maximum atomic E-state index is 12.7. The maximum absolute atomic E-state index is 12.7. The minimum atomic E-state index is -3.59. The van der Waals surface area contributed by atoms with Crippen LogP contribution in [0.25, 0.3) is 0 Å². The van der Waals surface area contributed by atoms with Gasteiger partial charge in [-0.2, -0.15) is 0 Å². The fourth-order valence-corrected chi connectivity index (χ4v) is 4.69. The van der Waals surface area contributed by atoms with Gasteiger partial charge >= 0.3 is 0 Å². The van der Waals surface area contributed by atoms with Crippen LogP contribution in [0.3, 0.4) is 0 Å². The Morgan fingerprint density at radius 2 is 1.89 bits per heavy atom. The Morgan fingerprint density at radius 3 is 2.61 bits per heavy atom. The highest BCUT2D eigenvalue weighted by Gasteiger charge is 2.25. The van der Waals surface area contributed by atoms with Gasteiger partial charge in [0.05, 0.1) is 10.6 Å². The molecule has 28 heavy (non-hydrogen) atoms. The number of sulfone groups is 1. The molecule has 0 bridgehead atoms. The number of fused-ring (bicyclic) bond motifs is 1. The third-order valence-electron chi connectivity index (χ3n) is 4.96. The minimum Gasteiger partial charge on any atom is -0.326 e. The molecule has 2 amide bonds. The van der Waals surface area contributed by atoms with E-state index in [2.05, 4.69) is 5.32 Å². The third kappa shape index (κ3) is 4.25. The van der Waals surface area contributed by atoms with Gasteiger partial charge in [0.25, 0.3) is 0 Å². The zero-order valence-electron chi connectivity index (χ0n) is 16.1. The van der Waals surface area contributed by atoms with E-state index in [0.29, 0.717) is 18.7 Å². The molecular weight excluding hydrogens is 376 g/mol. The standard InChI is InChI=1S/C21H24N2O4S/c1-3-16-6-4-5-7-19(16)22-21(25)11-13-28(26,27)18-8-9-20-17(14-18)10-12-23(20)15(2)24/h4-9,14H,3,10-13H2,1-2H3,(H,22,25). The van der Waals surface area contributed by atoms with Crippen LogP contribution >= 0.6 is 0 Å². The fraction of sp³-hybridized carbons (Fsp3) is 0.333. The molecule has 0 atom stereocenters.